The minimum absolute atomic E-state index is 0. The molecule has 0 aliphatic heterocycles. The van der Waals surface area contributed by atoms with Crippen LogP contribution in [-0.4, -0.2) is 60.4 Å². The van der Waals surface area contributed by atoms with Crippen molar-refractivity contribution in [3.8, 4) is 0 Å². The summed E-state index contributed by atoms with van der Waals surface area (Å²) in [5.74, 6) is -0.0799. The van der Waals surface area contributed by atoms with Gasteiger partial charge in [-0.2, -0.15) is 0 Å². The molecule has 0 saturated carbocycles. The van der Waals surface area contributed by atoms with Crippen molar-refractivity contribution >= 4 is 11.9 Å². The van der Waals surface area contributed by atoms with Gasteiger partial charge in [-0.25, -0.2) is 0 Å². The lowest BCUT2D eigenvalue weighted by molar-refractivity contribution is -0.150. The number of carbonyl (C=O) groups excluding carboxylic acids is 2. The van der Waals surface area contributed by atoms with Crippen LogP contribution < -0.4 is 0 Å². The molecule has 0 heterocycles. The summed E-state index contributed by atoms with van der Waals surface area (Å²) in [5.41, 5.74) is 0. The molecule has 1 N–H and O–H groups in total. The number of ether oxygens (including phenoxy) is 2. The topological polar surface area (TPSA) is 76.1 Å². The predicted molar refractivity (Wildman–Crippen MR) is 211 cm³/mol. The third-order valence-electron chi connectivity index (χ3n) is 9.82. The van der Waals surface area contributed by atoms with Gasteiger partial charge in [-0.1, -0.05) is 151 Å². The molecule has 0 radical (unpaired) electrons. The number of aliphatic hydroxyl groups is 1. The van der Waals surface area contributed by atoms with Gasteiger partial charge in [0.1, 0.15) is 12.2 Å². The van der Waals surface area contributed by atoms with Crippen molar-refractivity contribution in [1.82, 2.24) is 4.90 Å². The fourth-order valence-electron chi connectivity index (χ4n) is 6.61. The van der Waals surface area contributed by atoms with E-state index in [9.17, 15) is 14.7 Å². The second kappa shape index (κ2) is 39.6. The first-order valence-electron chi connectivity index (χ1n) is 21.2. The molecule has 0 aromatic rings. The number of nitrogens with zero attached hydrogens (tertiary/aromatic N) is 1. The Morgan fingerprint density at radius 1 is 0.469 bits per heavy atom. The Hall–Kier alpha value is -1.14. The summed E-state index contributed by atoms with van der Waals surface area (Å²) < 4.78 is 11.8. The van der Waals surface area contributed by atoms with Crippen molar-refractivity contribution in [2.45, 2.75) is 240 Å². The molecule has 0 saturated heterocycles. The van der Waals surface area contributed by atoms with Crippen LogP contribution in [0.1, 0.15) is 228 Å². The number of aliphatic hydroxyl groups excluding tert-OH is 1. The minimum Gasteiger partial charge on any atom is -0.462 e. The number of esters is 2. The molecule has 0 aliphatic carbocycles. The summed E-state index contributed by atoms with van der Waals surface area (Å²) in [7, 11) is 0. The number of hydrogen-bond donors (Lipinski definition) is 1. The fraction of sp³-hybridized carbons (Fsp3) is 0.953. The van der Waals surface area contributed by atoms with Gasteiger partial charge in [-0.3, -0.25) is 9.59 Å². The van der Waals surface area contributed by atoms with Gasteiger partial charge in [-0.05, 0) is 77.3 Å². The quantitative estimate of drug-likeness (QED) is 0.0511. The van der Waals surface area contributed by atoms with E-state index in [1.165, 1.54) is 109 Å². The molecule has 0 amide bonds. The van der Waals surface area contributed by atoms with E-state index in [-0.39, 0.29) is 38.2 Å². The molecule has 1 unspecified atom stereocenters. The van der Waals surface area contributed by atoms with Crippen LogP contribution in [0.3, 0.4) is 0 Å². The molecule has 0 aromatic heterocycles. The Balaban J connectivity index is 0. The summed E-state index contributed by atoms with van der Waals surface area (Å²) in [6.07, 6.45) is 34.0. The predicted octanol–water partition coefficient (Wildman–Crippen LogP) is 12.5. The van der Waals surface area contributed by atoms with Crippen LogP contribution in [0.4, 0.5) is 0 Å². The smallest absolute Gasteiger partial charge is 0.306 e. The van der Waals surface area contributed by atoms with Crippen LogP contribution >= 0.6 is 0 Å². The van der Waals surface area contributed by atoms with Crippen LogP contribution in [-0.2, 0) is 19.1 Å². The standard InChI is InChI=1S/C42H83NO5.CH4/c1-5-9-12-15-19-24-30-39(8-4)47-42(46)34-29-36-43(37-38-44)35-28-23-18-22-27-33-41(45)48-40(31-25-20-16-13-10-6-2)32-26-21-17-14-11-7-3;/h39-40,44H,5-38H2,1-4H3;1H4. The van der Waals surface area contributed by atoms with Gasteiger partial charge in [0.25, 0.3) is 0 Å². The Morgan fingerprint density at radius 2 is 0.837 bits per heavy atom. The van der Waals surface area contributed by atoms with Crippen molar-refractivity contribution in [3.05, 3.63) is 0 Å². The second-order valence-electron chi connectivity index (χ2n) is 14.5. The van der Waals surface area contributed by atoms with Gasteiger partial charge in [0.15, 0.2) is 0 Å². The Morgan fingerprint density at radius 3 is 1.31 bits per heavy atom. The molecule has 0 rings (SSSR count). The zero-order valence-corrected chi connectivity index (χ0v) is 32.7. The molecule has 1 atom stereocenters. The maximum absolute atomic E-state index is 12.7. The summed E-state index contributed by atoms with van der Waals surface area (Å²) in [6, 6.07) is 0. The Kier molecular flexibility index (Phi) is 40.4. The van der Waals surface area contributed by atoms with Crippen LogP contribution in [0, 0.1) is 0 Å². The molecule has 6 nitrogen and oxygen atoms in total. The highest BCUT2D eigenvalue weighted by Crippen LogP contribution is 2.19. The van der Waals surface area contributed by atoms with Gasteiger partial charge in [0.05, 0.1) is 6.61 Å². The molecule has 0 fully saturated rings. The third-order valence-corrected chi connectivity index (χ3v) is 9.82. The number of unbranched alkanes of at least 4 members (excludes halogenated alkanes) is 19. The maximum atomic E-state index is 12.7. The molecular weight excluding hydrogens is 610 g/mol. The van der Waals surface area contributed by atoms with Crippen LogP contribution in [0.2, 0.25) is 0 Å². The third kappa shape index (κ3) is 35.1. The van der Waals surface area contributed by atoms with E-state index < -0.39 is 0 Å². The first kappa shape index (κ1) is 50.0. The normalized spacial score (nSPS) is 12.0. The van der Waals surface area contributed by atoms with Gasteiger partial charge in [0.2, 0.25) is 0 Å². The highest BCUT2D eigenvalue weighted by molar-refractivity contribution is 5.69. The zero-order chi connectivity index (χ0) is 35.3. The summed E-state index contributed by atoms with van der Waals surface area (Å²) in [5, 5.41) is 9.54. The number of rotatable bonds is 38. The lowest BCUT2D eigenvalue weighted by Crippen LogP contribution is -2.29. The van der Waals surface area contributed by atoms with Gasteiger partial charge < -0.3 is 19.5 Å². The second-order valence-corrected chi connectivity index (χ2v) is 14.5. The first-order chi connectivity index (χ1) is 23.5. The van der Waals surface area contributed by atoms with E-state index in [0.717, 1.165) is 83.7 Å². The van der Waals surface area contributed by atoms with E-state index >= 15 is 0 Å². The van der Waals surface area contributed by atoms with E-state index in [1.54, 1.807) is 0 Å². The van der Waals surface area contributed by atoms with E-state index in [0.29, 0.717) is 19.4 Å². The van der Waals surface area contributed by atoms with Crippen molar-refractivity contribution in [3.63, 3.8) is 0 Å². The van der Waals surface area contributed by atoms with Crippen molar-refractivity contribution in [1.29, 1.82) is 0 Å². The maximum Gasteiger partial charge on any atom is 0.306 e. The van der Waals surface area contributed by atoms with Crippen LogP contribution in [0.25, 0.3) is 0 Å². The molecule has 49 heavy (non-hydrogen) atoms. The molecule has 0 spiro atoms. The van der Waals surface area contributed by atoms with Gasteiger partial charge in [0, 0.05) is 19.4 Å². The molecule has 0 aliphatic rings. The fourth-order valence-corrected chi connectivity index (χ4v) is 6.61. The molecule has 0 aromatic carbocycles. The monoisotopic (exact) mass is 698 g/mol. The van der Waals surface area contributed by atoms with Gasteiger partial charge >= 0.3 is 11.9 Å². The van der Waals surface area contributed by atoms with E-state index in [2.05, 4.69) is 32.6 Å². The summed E-state index contributed by atoms with van der Waals surface area (Å²) in [6.45, 7) is 11.4. The van der Waals surface area contributed by atoms with Crippen molar-refractivity contribution in [2.75, 3.05) is 26.2 Å². The Bertz CT molecular complexity index is 671. The number of hydrogen-bond acceptors (Lipinski definition) is 6. The largest absolute Gasteiger partial charge is 0.462 e. The average Bonchev–Trinajstić information content (AvgIpc) is 3.08. The number of carbonyl (C=O) groups is 2. The average molecular weight is 698 g/mol. The highest BCUT2D eigenvalue weighted by Gasteiger charge is 2.15. The van der Waals surface area contributed by atoms with Gasteiger partial charge in [-0.15, -0.1) is 0 Å². The summed E-state index contributed by atoms with van der Waals surface area (Å²) in [4.78, 5) is 27.4. The molecular formula is C43H87NO5. The van der Waals surface area contributed by atoms with Crippen LogP contribution in [0.15, 0.2) is 0 Å². The molecule has 0 bridgehead atoms. The Labute approximate surface area is 306 Å². The lowest BCUT2D eigenvalue weighted by atomic mass is 10.0. The van der Waals surface area contributed by atoms with Crippen molar-refractivity contribution in [2.24, 2.45) is 0 Å². The summed E-state index contributed by atoms with van der Waals surface area (Å²) >= 11 is 0. The minimum atomic E-state index is -0.0774. The highest BCUT2D eigenvalue weighted by atomic mass is 16.5. The van der Waals surface area contributed by atoms with Crippen molar-refractivity contribution < 1.29 is 24.2 Å². The molecule has 294 valence electrons. The van der Waals surface area contributed by atoms with Crippen LogP contribution in [0.5, 0.6) is 0 Å². The zero-order valence-electron chi connectivity index (χ0n) is 32.7. The molecule has 6 heteroatoms. The van der Waals surface area contributed by atoms with E-state index in [1.807, 2.05) is 0 Å². The SMILES string of the molecule is C.CCCCCCCCC(CC)OC(=O)CCCN(CCO)CCCCCCCC(=O)OC(CCCCCCCC)CCCCCCCC. The first-order valence-corrected chi connectivity index (χ1v) is 21.2. The lowest BCUT2D eigenvalue weighted by Gasteiger charge is -2.21. The van der Waals surface area contributed by atoms with E-state index in [4.69, 9.17) is 9.47 Å².